The van der Waals surface area contributed by atoms with E-state index in [0.717, 1.165) is 32.0 Å². The van der Waals surface area contributed by atoms with Crippen LogP contribution >= 0.6 is 24.0 Å². The maximum absolute atomic E-state index is 4.44. The molecule has 3 heterocycles. The monoisotopic (exact) mass is 503 g/mol. The first kappa shape index (κ1) is 23.4. The Labute approximate surface area is 187 Å². The molecule has 2 N–H and O–H groups in total. The summed E-state index contributed by atoms with van der Waals surface area (Å²) in [7, 11) is 4.11. The van der Waals surface area contributed by atoms with Crippen molar-refractivity contribution in [1.29, 1.82) is 0 Å². The Balaban J connectivity index is 0.00000280. The molecular weight excluding hydrogens is 465 g/mol. The maximum atomic E-state index is 4.44. The molecule has 0 unspecified atom stereocenters. The normalized spacial score (nSPS) is 21.1. The van der Waals surface area contributed by atoms with Crippen LogP contribution in [0.3, 0.4) is 0 Å². The zero-order valence-corrected chi connectivity index (χ0v) is 19.9. The minimum absolute atomic E-state index is 0. The first-order valence-electron chi connectivity index (χ1n) is 10.6. The minimum Gasteiger partial charge on any atom is -0.356 e. The van der Waals surface area contributed by atoms with E-state index in [-0.39, 0.29) is 29.5 Å². The van der Waals surface area contributed by atoms with Crippen molar-refractivity contribution in [1.82, 2.24) is 30.2 Å². The highest BCUT2D eigenvalue weighted by Gasteiger charge is 2.39. The quantitative estimate of drug-likeness (QED) is 0.258. The summed E-state index contributed by atoms with van der Waals surface area (Å²) in [6.07, 6.45) is 11.4. The van der Waals surface area contributed by atoms with Crippen LogP contribution in [-0.2, 0) is 6.54 Å². The second kappa shape index (κ2) is 12.0. The molecule has 1 aromatic rings. The molecule has 0 radical (unpaired) electrons. The van der Waals surface area contributed by atoms with E-state index < -0.39 is 0 Å². The third-order valence-corrected chi connectivity index (χ3v) is 6.17. The highest BCUT2D eigenvalue weighted by Crippen LogP contribution is 2.30. The highest BCUT2D eigenvalue weighted by atomic mass is 127. The summed E-state index contributed by atoms with van der Waals surface area (Å²) in [5, 5.41) is 11.4. The van der Waals surface area contributed by atoms with Gasteiger partial charge < -0.3 is 15.5 Å². The lowest BCUT2D eigenvalue weighted by Crippen LogP contribution is -2.62. The molecule has 0 aliphatic carbocycles. The van der Waals surface area contributed by atoms with Gasteiger partial charge in [0, 0.05) is 44.6 Å². The predicted octanol–water partition coefficient (Wildman–Crippen LogP) is 2.01. The van der Waals surface area contributed by atoms with Crippen molar-refractivity contribution in [2.45, 2.75) is 50.6 Å². The number of likely N-dealkylation sites (tertiary alicyclic amines) is 2. The fraction of sp³-hybridized carbons (Fsp3) is 0.800. The Bertz CT molecular complexity index is 561. The largest absolute Gasteiger partial charge is 0.356 e. The van der Waals surface area contributed by atoms with Crippen molar-refractivity contribution in [2.75, 3.05) is 53.4 Å². The van der Waals surface area contributed by atoms with Gasteiger partial charge in [0.2, 0.25) is 0 Å². The fourth-order valence-electron chi connectivity index (χ4n) is 4.36. The number of aromatic nitrogens is 2. The summed E-state index contributed by atoms with van der Waals surface area (Å²) in [6, 6.07) is 1.97. The average molecular weight is 503 g/mol. The summed E-state index contributed by atoms with van der Waals surface area (Å²) >= 11 is 0. The third kappa shape index (κ3) is 6.59. The molecule has 8 heteroatoms. The number of aryl methyl sites for hydroxylation is 1. The topological polar surface area (TPSA) is 60.7 Å². The van der Waals surface area contributed by atoms with E-state index in [1.807, 2.05) is 30.2 Å². The van der Waals surface area contributed by atoms with Gasteiger partial charge in [0.05, 0.1) is 0 Å². The molecule has 1 aromatic heterocycles. The first-order chi connectivity index (χ1) is 13.2. The van der Waals surface area contributed by atoms with Gasteiger partial charge in [-0.3, -0.25) is 14.6 Å². The van der Waals surface area contributed by atoms with Crippen molar-refractivity contribution >= 4 is 29.9 Å². The standard InChI is InChI=1S/C20H37N7.HI/c1-21-19(22-10-6-14-27-15-7-11-24-27)23-18-20(8-16-25(2)17-9-20)26-12-4-3-5-13-26;/h7,11,15H,3-6,8-10,12-14,16-18H2,1-2H3,(H2,21,22,23);1H. The summed E-state index contributed by atoms with van der Waals surface area (Å²) < 4.78 is 1.97. The van der Waals surface area contributed by atoms with Gasteiger partial charge in [0.15, 0.2) is 5.96 Å². The number of guanidine groups is 1. The molecule has 0 amide bonds. The van der Waals surface area contributed by atoms with E-state index in [9.17, 15) is 0 Å². The van der Waals surface area contributed by atoms with Crippen LogP contribution in [0.4, 0.5) is 0 Å². The summed E-state index contributed by atoms with van der Waals surface area (Å²) in [6.45, 7) is 7.70. The van der Waals surface area contributed by atoms with Crippen molar-refractivity contribution < 1.29 is 0 Å². The van der Waals surface area contributed by atoms with E-state index >= 15 is 0 Å². The lowest BCUT2D eigenvalue weighted by molar-refractivity contribution is 0.0173. The molecule has 0 saturated carbocycles. The Hall–Kier alpha value is -0.870. The maximum Gasteiger partial charge on any atom is 0.191 e. The zero-order valence-electron chi connectivity index (χ0n) is 17.6. The number of nitrogens with zero attached hydrogens (tertiary/aromatic N) is 5. The number of nitrogens with one attached hydrogen (secondary N) is 2. The number of halogens is 1. The molecule has 2 fully saturated rings. The van der Waals surface area contributed by atoms with E-state index in [4.69, 9.17) is 0 Å². The Morgan fingerprint density at radius 1 is 1.11 bits per heavy atom. The molecule has 0 bridgehead atoms. The van der Waals surface area contributed by atoms with Crippen molar-refractivity contribution in [3.8, 4) is 0 Å². The van der Waals surface area contributed by atoms with Crippen LogP contribution in [0.2, 0.25) is 0 Å². The van der Waals surface area contributed by atoms with Gasteiger partial charge in [0.1, 0.15) is 0 Å². The summed E-state index contributed by atoms with van der Waals surface area (Å²) in [5.74, 6) is 0.922. The second-order valence-corrected chi connectivity index (χ2v) is 8.05. The van der Waals surface area contributed by atoms with Gasteiger partial charge in [-0.25, -0.2) is 0 Å². The second-order valence-electron chi connectivity index (χ2n) is 8.05. The van der Waals surface area contributed by atoms with Crippen molar-refractivity contribution in [2.24, 2.45) is 4.99 Å². The van der Waals surface area contributed by atoms with Crippen LogP contribution < -0.4 is 10.6 Å². The van der Waals surface area contributed by atoms with Crippen LogP contribution in [0.1, 0.15) is 38.5 Å². The molecule has 0 aromatic carbocycles. The summed E-state index contributed by atoms with van der Waals surface area (Å²) in [5.41, 5.74) is 0.277. The number of rotatable bonds is 7. The van der Waals surface area contributed by atoms with Gasteiger partial charge >= 0.3 is 0 Å². The van der Waals surface area contributed by atoms with Crippen LogP contribution in [0, 0.1) is 0 Å². The van der Waals surface area contributed by atoms with Gasteiger partial charge in [0.25, 0.3) is 0 Å². The van der Waals surface area contributed by atoms with Crippen LogP contribution in [-0.4, -0.2) is 84.4 Å². The van der Waals surface area contributed by atoms with Gasteiger partial charge in [-0.15, -0.1) is 24.0 Å². The molecule has 3 rings (SSSR count). The SMILES string of the molecule is CN=C(NCCCn1cccn1)NCC1(N2CCCCC2)CCN(C)CC1.I. The third-order valence-electron chi connectivity index (χ3n) is 6.17. The van der Waals surface area contributed by atoms with E-state index in [2.05, 4.69) is 37.6 Å². The van der Waals surface area contributed by atoms with Gasteiger partial charge in [-0.2, -0.15) is 5.10 Å². The lowest BCUT2D eigenvalue weighted by Gasteiger charge is -2.50. The molecule has 0 spiro atoms. The summed E-state index contributed by atoms with van der Waals surface area (Å²) in [4.78, 5) is 9.67. The van der Waals surface area contributed by atoms with E-state index in [1.54, 1.807) is 0 Å². The molecular formula is C20H38IN7. The smallest absolute Gasteiger partial charge is 0.191 e. The van der Waals surface area contributed by atoms with Gasteiger partial charge in [-0.1, -0.05) is 6.42 Å². The van der Waals surface area contributed by atoms with Crippen LogP contribution in [0.15, 0.2) is 23.5 Å². The zero-order chi connectivity index (χ0) is 19.0. The number of hydrogen-bond acceptors (Lipinski definition) is 4. The number of aliphatic imine (C=N–C) groups is 1. The molecule has 28 heavy (non-hydrogen) atoms. The van der Waals surface area contributed by atoms with Gasteiger partial charge in [-0.05, 0) is 71.4 Å². The number of hydrogen-bond donors (Lipinski definition) is 2. The average Bonchev–Trinajstić information content (AvgIpc) is 3.23. The van der Waals surface area contributed by atoms with E-state index in [0.29, 0.717) is 0 Å². The van der Waals surface area contributed by atoms with Crippen LogP contribution in [0.25, 0.3) is 0 Å². The molecule has 2 saturated heterocycles. The Morgan fingerprint density at radius 2 is 1.86 bits per heavy atom. The molecule has 160 valence electrons. The molecule has 2 aliphatic rings. The molecule has 7 nitrogen and oxygen atoms in total. The molecule has 2 aliphatic heterocycles. The highest BCUT2D eigenvalue weighted by molar-refractivity contribution is 14.0. The number of piperidine rings is 2. The van der Waals surface area contributed by atoms with Crippen LogP contribution in [0.5, 0.6) is 0 Å². The molecule has 0 atom stereocenters. The minimum atomic E-state index is 0. The predicted molar refractivity (Wildman–Crippen MR) is 127 cm³/mol. The Kier molecular flexibility index (Phi) is 10.0. The van der Waals surface area contributed by atoms with Crippen molar-refractivity contribution in [3.63, 3.8) is 0 Å². The van der Waals surface area contributed by atoms with Crippen molar-refractivity contribution in [3.05, 3.63) is 18.5 Å². The first-order valence-corrected chi connectivity index (χ1v) is 10.6. The Morgan fingerprint density at radius 3 is 2.50 bits per heavy atom. The lowest BCUT2D eigenvalue weighted by atomic mass is 9.84. The van der Waals surface area contributed by atoms with E-state index in [1.165, 1.54) is 58.3 Å². The fourth-order valence-corrected chi connectivity index (χ4v) is 4.36.